The Bertz CT molecular complexity index is 1180. The van der Waals surface area contributed by atoms with Crippen LogP contribution in [0.2, 0.25) is 5.02 Å². The number of halogens is 1. The molecule has 1 N–H and O–H groups in total. The van der Waals surface area contributed by atoms with Crippen LogP contribution in [0.4, 0.5) is 0 Å². The highest BCUT2D eigenvalue weighted by Crippen LogP contribution is 2.34. The third-order valence-electron chi connectivity index (χ3n) is 6.75. The highest BCUT2D eigenvalue weighted by Gasteiger charge is 2.36. The summed E-state index contributed by atoms with van der Waals surface area (Å²) in [5, 5.41) is 16.9. The number of aromatic nitrogens is 5. The largest absolute Gasteiger partial charge is 0.354 e. The molecule has 9 nitrogen and oxygen atoms in total. The maximum Gasteiger partial charge on any atom is 0.274 e. The number of hydrogen-bond donors (Lipinski definition) is 1. The normalized spacial score (nSPS) is 18.2. The molecular formula is C24H28ClN7O2. The molecule has 5 rings (SSSR count). The first-order valence-corrected chi connectivity index (χ1v) is 12.1. The molecule has 0 aliphatic carbocycles. The SMILES string of the molecule is Cn1ccc(C(=O)N2CCC(c3nnc4n3C(C(=O)NCCc3ccc(Cl)cc3)CC4)CC2)n1. The zero-order valence-electron chi connectivity index (χ0n) is 19.2. The van der Waals surface area contributed by atoms with E-state index in [0.29, 0.717) is 30.4 Å². The van der Waals surface area contributed by atoms with Crippen LogP contribution in [-0.4, -0.2) is 60.9 Å². The lowest BCUT2D eigenvalue weighted by Crippen LogP contribution is -2.39. The summed E-state index contributed by atoms with van der Waals surface area (Å²) in [7, 11) is 1.80. The van der Waals surface area contributed by atoms with Crippen LogP contribution in [0, 0.1) is 0 Å². The fourth-order valence-corrected chi connectivity index (χ4v) is 5.03. The number of hydrogen-bond acceptors (Lipinski definition) is 5. The van der Waals surface area contributed by atoms with Crippen LogP contribution in [0.5, 0.6) is 0 Å². The minimum absolute atomic E-state index is 0.0107. The van der Waals surface area contributed by atoms with E-state index in [1.165, 1.54) is 0 Å². The van der Waals surface area contributed by atoms with Crippen LogP contribution in [0.15, 0.2) is 36.5 Å². The fraction of sp³-hybridized carbons (Fsp3) is 0.458. The highest BCUT2D eigenvalue weighted by molar-refractivity contribution is 6.30. The summed E-state index contributed by atoms with van der Waals surface area (Å²) in [6.45, 7) is 1.85. The summed E-state index contributed by atoms with van der Waals surface area (Å²) in [5.74, 6) is 1.90. The Morgan fingerprint density at radius 2 is 1.85 bits per heavy atom. The number of piperidine rings is 1. The van der Waals surface area contributed by atoms with Gasteiger partial charge in [0, 0.05) is 50.2 Å². The predicted octanol–water partition coefficient (Wildman–Crippen LogP) is 2.53. The standard InChI is InChI=1S/C24H28ClN7O2/c1-30-13-11-19(29-30)24(34)31-14-9-17(10-15-31)22-28-27-21-7-6-20(32(21)22)23(33)26-12-8-16-2-4-18(25)5-3-16/h2-5,11,13,17,20H,6-10,12,14-15H2,1H3,(H,26,33). The van der Waals surface area contributed by atoms with Crippen molar-refractivity contribution in [1.82, 2.24) is 34.8 Å². The lowest BCUT2D eigenvalue weighted by atomic mass is 9.95. The van der Waals surface area contributed by atoms with Gasteiger partial charge in [0.15, 0.2) is 0 Å². The average molecular weight is 482 g/mol. The van der Waals surface area contributed by atoms with Gasteiger partial charge in [0.25, 0.3) is 5.91 Å². The molecule has 2 aliphatic heterocycles. The zero-order valence-corrected chi connectivity index (χ0v) is 19.9. The van der Waals surface area contributed by atoms with Gasteiger partial charge in [-0.1, -0.05) is 23.7 Å². The van der Waals surface area contributed by atoms with E-state index in [2.05, 4.69) is 20.6 Å². The molecule has 10 heteroatoms. The van der Waals surface area contributed by atoms with Crippen molar-refractivity contribution in [3.63, 3.8) is 0 Å². The first-order valence-electron chi connectivity index (χ1n) is 11.7. The maximum absolute atomic E-state index is 13.0. The molecule has 0 radical (unpaired) electrons. The Labute approximate surface area is 203 Å². The van der Waals surface area contributed by atoms with Crippen LogP contribution in [-0.2, 0) is 24.7 Å². The first-order chi connectivity index (χ1) is 16.5. The van der Waals surface area contributed by atoms with Gasteiger partial charge in [0.2, 0.25) is 5.91 Å². The second kappa shape index (κ2) is 9.58. The number of aryl methyl sites for hydroxylation is 2. The Morgan fingerprint density at radius 3 is 2.56 bits per heavy atom. The number of likely N-dealkylation sites (tertiary alicyclic amines) is 1. The molecule has 0 saturated carbocycles. The minimum atomic E-state index is -0.279. The molecule has 178 valence electrons. The van der Waals surface area contributed by atoms with Gasteiger partial charge >= 0.3 is 0 Å². The van der Waals surface area contributed by atoms with E-state index in [4.69, 9.17) is 11.6 Å². The van der Waals surface area contributed by atoms with Gasteiger partial charge in [-0.2, -0.15) is 5.10 Å². The Morgan fingerprint density at radius 1 is 1.09 bits per heavy atom. The predicted molar refractivity (Wildman–Crippen MR) is 127 cm³/mol. The molecule has 0 spiro atoms. The molecule has 4 heterocycles. The van der Waals surface area contributed by atoms with E-state index in [1.807, 2.05) is 33.7 Å². The molecule has 2 aliphatic rings. The third kappa shape index (κ3) is 4.57. The number of benzene rings is 1. The van der Waals surface area contributed by atoms with E-state index < -0.39 is 0 Å². The van der Waals surface area contributed by atoms with Gasteiger partial charge < -0.3 is 14.8 Å². The molecule has 1 unspecified atom stereocenters. The Kier molecular flexibility index (Phi) is 6.36. The summed E-state index contributed by atoms with van der Waals surface area (Å²) in [5.41, 5.74) is 1.61. The highest BCUT2D eigenvalue weighted by atomic mass is 35.5. The zero-order chi connectivity index (χ0) is 23.7. The van der Waals surface area contributed by atoms with Gasteiger partial charge in [-0.05, 0) is 49.4 Å². The summed E-state index contributed by atoms with van der Waals surface area (Å²) < 4.78 is 3.68. The van der Waals surface area contributed by atoms with Crippen molar-refractivity contribution in [2.45, 2.75) is 44.1 Å². The van der Waals surface area contributed by atoms with Gasteiger partial charge in [0.05, 0.1) is 0 Å². The van der Waals surface area contributed by atoms with Gasteiger partial charge in [-0.25, -0.2) is 0 Å². The summed E-state index contributed by atoms with van der Waals surface area (Å²) in [4.78, 5) is 27.6. The molecule has 1 atom stereocenters. The van der Waals surface area contributed by atoms with Crippen molar-refractivity contribution in [3.8, 4) is 0 Å². The molecular weight excluding hydrogens is 454 g/mol. The molecule has 0 bridgehead atoms. The van der Waals surface area contributed by atoms with E-state index >= 15 is 0 Å². The van der Waals surface area contributed by atoms with Gasteiger partial charge in [0.1, 0.15) is 23.4 Å². The van der Waals surface area contributed by atoms with Crippen molar-refractivity contribution in [3.05, 3.63) is 64.5 Å². The molecule has 1 fully saturated rings. The lowest BCUT2D eigenvalue weighted by Gasteiger charge is -2.31. The Hall–Kier alpha value is -3.20. The van der Waals surface area contributed by atoms with Crippen LogP contribution >= 0.6 is 11.6 Å². The van der Waals surface area contributed by atoms with Gasteiger partial charge in [-0.3, -0.25) is 14.3 Å². The molecule has 3 aromatic rings. The van der Waals surface area contributed by atoms with Crippen LogP contribution in [0.1, 0.15) is 58.9 Å². The number of nitrogens with zero attached hydrogens (tertiary/aromatic N) is 6. The summed E-state index contributed by atoms with van der Waals surface area (Å²) >= 11 is 5.94. The van der Waals surface area contributed by atoms with Crippen molar-refractivity contribution < 1.29 is 9.59 Å². The van der Waals surface area contributed by atoms with Crippen molar-refractivity contribution in [2.24, 2.45) is 7.05 Å². The van der Waals surface area contributed by atoms with E-state index in [9.17, 15) is 9.59 Å². The Balaban J connectivity index is 1.19. The number of rotatable bonds is 6. The molecule has 34 heavy (non-hydrogen) atoms. The first kappa shape index (κ1) is 22.6. The molecule has 2 aromatic heterocycles. The van der Waals surface area contributed by atoms with Crippen molar-refractivity contribution in [1.29, 1.82) is 0 Å². The van der Waals surface area contributed by atoms with Crippen molar-refractivity contribution in [2.75, 3.05) is 19.6 Å². The van der Waals surface area contributed by atoms with Gasteiger partial charge in [-0.15, -0.1) is 10.2 Å². The number of amides is 2. The second-order valence-corrected chi connectivity index (χ2v) is 9.44. The number of nitrogens with one attached hydrogen (secondary N) is 1. The third-order valence-corrected chi connectivity index (χ3v) is 7.01. The topological polar surface area (TPSA) is 97.9 Å². The minimum Gasteiger partial charge on any atom is -0.354 e. The summed E-state index contributed by atoms with van der Waals surface area (Å²) in [6.07, 6.45) is 5.60. The van der Waals surface area contributed by atoms with E-state index in [-0.39, 0.29) is 23.8 Å². The van der Waals surface area contributed by atoms with Crippen LogP contribution < -0.4 is 5.32 Å². The smallest absolute Gasteiger partial charge is 0.274 e. The number of carbonyl (C=O) groups excluding carboxylic acids is 2. The van der Waals surface area contributed by atoms with E-state index in [1.54, 1.807) is 24.0 Å². The summed E-state index contributed by atoms with van der Waals surface area (Å²) in [6, 6.07) is 9.14. The molecule has 1 saturated heterocycles. The van der Waals surface area contributed by atoms with Crippen LogP contribution in [0.3, 0.4) is 0 Å². The average Bonchev–Trinajstić information content (AvgIpc) is 3.57. The molecule has 1 aromatic carbocycles. The number of fused-ring (bicyclic) bond motifs is 1. The maximum atomic E-state index is 13.0. The second-order valence-electron chi connectivity index (χ2n) is 9.01. The molecule has 2 amide bonds. The quantitative estimate of drug-likeness (QED) is 0.583. The van der Waals surface area contributed by atoms with Crippen LogP contribution in [0.25, 0.3) is 0 Å². The lowest BCUT2D eigenvalue weighted by molar-refractivity contribution is -0.124. The monoisotopic (exact) mass is 481 g/mol. The van der Waals surface area contributed by atoms with E-state index in [0.717, 1.165) is 49.3 Å². The number of carbonyl (C=O) groups is 2. The fourth-order valence-electron chi connectivity index (χ4n) is 4.90. The van der Waals surface area contributed by atoms with Crippen molar-refractivity contribution >= 4 is 23.4 Å².